The van der Waals surface area contributed by atoms with Crippen LogP contribution in [-0.2, 0) is 4.79 Å². The molecule has 1 fully saturated rings. The summed E-state index contributed by atoms with van der Waals surface area (Å²) in [4.78, 5) is 24.6. The molecule has 2 atom stereocenters. The summed E-state index contributed by atoms with van der Waals surface area (Å²) in [6, 6.07) is 7.61. The van der Waals surface area contributed by atoms with Crippen LogP contribution in [0, 0.1) is 19.8 Å². The molecular weight excluding hydrogens is 410 g/mol. The van der Waals surface area contributed by atoms with Crippen molar-refractivity contribution in [3.63, 3.8) is 0 Å². The molecule has 1 saturated heterocycles. The fraction of sp³-hybridized carbons (Fsp3) is 0.500. The summed E-state index contributed by atoms with van der Waals surface area (Å²) >= 11 is 1.76. The fourth-order valence-corrected chi connectivity index (χ4v) is 4.58. The van der Waals surface area contributed by atoms with Gasteiger partial charge in [0.1, 0.15) is 0 Å². The Morgan fingerprint density at radius 3 is 2.84 bits per heavy atom. The number of amides is 1. The number of nitrogens with one attached hydrogen (secondary N) is 1. The monoisotopic (exact) mass is 439 g/mol. The number of carbonyl (C=O) groups excluding carboxylic acids is 1. The molecule has 0 unspecified atom stereocenters. The van der Waals surface area contributed by atoms with Crippen LogP contribution in [0.2, 0.25) is 0 Å². The Labute approximate surface area is 186 Å². The fourth-order valence-electron chi connectivity index (χ4n) is 4.11. The van der Waals surface area contributed by atoms with Crippen LogP contribution in [0.25, 0.3) is 5.65 Å². The van der Waals surface area contributed by atoms with Crippen LogP contribution < -0.4 is 10.2 Å². The predicted molar refractivity (Wildman–Crippen MR) is 123 cm³/mol. The highest BCUT2D eigenvalue weighted by molar-refractivity contribution is 7.98. The van der Waals surface area contributed by atoms with Gasteiger partial charge in [0.15, 0.2) is 11.5 Å². The summed E-state index contributed by atoms with van der Waals surface area (Å²) in [5, 5.41) is 11.9. The van der Waals surface area contributed by atoms with Gasteiger partial charge in [-0.2, -0.15) is 11.8 Å². The average Bonchev–Trinajstić information content (AvgIpc) is 3.20. The number of rotatable bonds is 7. The van der Waals surface area contributed by atoms with Gasteiger partial charge in [-0.25, -0.2) is 9.97 Å². The van der Waals surface area contributed by atoms with E-state index in [1.54, 1.807) is 11.8 Å². The van der Waals surface area contributed by atoms with E-state index in [1.165, 1.54) is 0 Å². The van der Waals surface area contributed by atoms with Gasteiger partial charge in [0.05, 0.1) is 12.0 Å². The van der Waals surface area contributed by atoms with Crippen molar-refractivity contribution in [1.82, 2.24) is 29.9 Å². The Balaban J connectivity index is 1.50. The molecule has 0 bridgehead atoms. The van der Waals surface area contributed by atoms with Gasteiger partial charge in [-0.15, -0.1) is 10.2 Å². The first-order chi connectivity index (χ1) is 15.0. The molecule has 0 radical (unpaired) electrons. The number of hydrogen-bond donors (Lipinski definition) is 1. The number of carbonyl (C=O) groups is 1. The molecule has 164 valence electrons. The highest BCUT2D eigenvalue weighted by Crippen LogP contribution is 2.24. The topological polar surface area (TPSA) is 88.3 Å². The largest absolute Gasteiger partial charge is 0.346 e. The van der Waals surface area contributed by atoms with Crippen LogP contribution in [0.4, 0.5) is 5.95 Å². The normalized spacial score (nSPS) is 17.6. The highest BCUT2D eigenvalue weighted by atomic mass is 32.2. The quantitative estimate of drug-likeness (QED) is 0.605. The van der Waals surface area contributed by atoms with Gasteiger partial charge in [0.2, 0.25) is 11.9 Å². The summed E-state index contributed by atoms with van der Waals surface area (Å²) in [6.45, 7) is 5.46. The van der Waals surface area contributed by atoms with Crippen molar-refractivity contribution in [2.75, 3.05) is 30.0 Å². The molecule has 1 N–H and O–H groups in total. The molecule has 9 heteroatoms. The second kappa shape index (κ2) is 9.64. The van der Waals surface area contributed by atoms with E-state index in [2.05, 4.69) is 36.6 Å². The molecule has 0 saturated carbocycles. The van der Waals surface area contributed by atoms with Gasteiger partial charge in [0, 0.05) is 30.7 Å². The number of pyridine rings is 1. The Kier molecular flexibility index (Phi) is 6.70. The zero-order valence-electron chi connectivity index (χ0n) is 18.3. The minimum atomic E-state index is -0.176. The zero-order valence-corrected chi connectivity index (χ0v) is 19.1. The van der Waals surface area contributed by atoms with Crippen LogP contribution in [-0.4, -0.2) is 55.6 Å². The number of thioether (sulfide) groups is 1. The lowest BCUT2D eigenvalue weighted by Crippen LogP contribution is -2.45. The molecule has 1 aliphatic heterocycles. The third kappa shape index (κ3) is 4.98. The van der Waals surface area contributed by atoms with Gasteiger partial charge < -0.3 is 10.2 Å². The number of piperidine rings is 1. The number of nitrogens with zero attached hydrogens (tertiary/aromatic N) is 6. The van der Waals surface area contributed by atoms with E-state index in [-0.39, 0.29) is 17.9 Å². The number of aryl methyl sites for hydroxylation is 2. The summed E-state index contributed by atoms with van der Waals surface area (Å²) in [5.41, 5.74) is 2.69. The molecule has 3 aromatic rings. The number of fused-ring (bicyclic) bond motifs is 1. The Hall–Kier alpha value is -2.68. The molecule has 31 heavy (non-hydrogen) atoms. The molecule has 3 aromatic heterocycles. The predicted octanol–water partition coefficient (Wildman–Crippen LogP) is 2.96. The van der Waals surface area contributed by atoms with E-state index in [0.29, 0.717) is 6.54 Å². The lowest BCUT2D eigenvalue weighted by molar-refractivity contribution is -0.126. The van der Waals surface area contributed by atoms with Gasteiger partial charge >= 0.3 is 0 Å². The first-order valence-corrected chi connectivity index (χ1v) is 12.1. The van der Waals surface area contributed by atoms with E-state index in [1.807, 2.05) is 48.7 Å². The molecule has 1 aliphatic rings. The summed E-state index contributed by atoms with van der Waals surface area (Å²) in [7, 11) is 0. The summed E-state index contributed by atoms with van der Waals surface area (Å²) < 4.78 is 1.96. The van der Waals surface area contributed by atoms with Crippen molar-refractivity contribution >= 4 is 29.3 Å². The van der Waals surface area contributed by atoms with E-state index in [4.69, 9.17) is 0 Å². The molecule has 0 spiro atoms. The molecule has 8 nitrogen and oxygen atoms in total. The number of anilines is 1. The van der Waals surface area contributed by atoms with E-state index in [9.17, 15) is 4.79 Å². The first kappa shape index (κ1) is 21.5. The molecule has 4 heterocycles. The third-order valence-electron chi connectivity index (χ3n) is 5.62. The van der Waals surface area contributed by atoms with Crippen LogP contribution in [0.1, 0.15) is 42.5 Å². The molecule has 1 amide bonds. The Bertz CT molecular complexity index is 1030. The smallest absolute Gasteiger partial charge is 0.225 e. The SMILES string of the molecule is CSCC[C@@H](NC(=O)[C@H]1CCCN(c2nc(C)cc(C)n2)C1)c1nnc2ccccn12. The molecule has 0 aliphatic carbocycles. The Morgan fingerprint density at radius 2 is 2.06 bits per heavy atom. The maximum Gasteiger partial charge on any atom is 0.225 e. The van der Waals surface area contributed by atoms with Crippen LogP contribution in [0.15, 0.2) is 30.5 Å². The highest BCUT2D eigenvalue weighted by Gasteiger charge is 2.30. The van der Waals surface area contributed by atoms with Crippen LogP contribution in [0.5, 0.6) is 0 Å². The van der Waals surface area contributed by atoms with E-state index < -0.39 is 0 Å². The van der Waals surface area contributed by atoms with Gasteiger partial charge in [-0.1, -0.05) is 6.07 Å². The summed E-state index contributed by atoms with van der Waals surface area (Å²) in [6.07, 6.45) is 6.63. The standard InChI is InChI=1S/C22H29N7OS/c1-15-13-16(2)24-22(23-15)28-10-6-7-17(14-28)21(30)25-18(9-12-31-3)20-27-26-19-8-4-5-11-29(19)20/h4-5,8,11,13,17-18H,6-7,9-10,12,14H2,1-3H3,(H,25,30)/t17-,18+/m0/s1. The lowest BCUT2D eigenvalue weighted by Gasteiger charge is -2.33. The second-order valence-electron chi connectivity index (χ2n) is 8.07. The minimum absolute atomic E-state index is 0.0628. The van der Waals surface area contributed by atoms with Crippen molar-refractivity contribution < 1.29 is 4.79 Å². The molecular formula is C22H29N7OS. The lowest BCUT2D eigenvalue weighted by atomic mass is 9.96. The Morgan fingerprint density at radius 1 is 1.26 bits per heavy atom. The van der Waals surface area contributed by atoms with Crippen molar-refractivity contribution in [2.24, 2.45) is 5.92 Å². The van der Waals surface area contributed by atoms with E-state index >= 15 is 0 Å². The van der Waals surface area contributed by atoms with Gasteiger partial charge in [0.25, 0.3) is 0 Å². The first-order valence-electron chi connectivity index (χ1n) is 10.7. The van der Waals surface area contributed by atoms with Gasteiger partial charge in [-0.3, -0.25) is 9.20 Å². The maximum absolute atomic E-state index is 13.3. The van der Waals surface area contributed by atoms with Crippen molar-refractivity contribution in [3.05, 3.63) is 47.7 Å². The van der Waals surface area contributed by atoms with E-state index in [0.717, 1.165) is 60.4 Å². The number of aromatic nitrogens is 5. The van der Waals surface area contributed by atoms with Crippen molar-refractivity contribution in [2.45, 2.75) is 39.2 Å². The van der Waals surface area contributed by atoms with Gasteiger partial charge in [-0.05, 0) is 63.3 Å². The van der Waals surface area contributed by atoms with Crippen molar-refractivity contribution in [1.29, 1.82) is 0 Å². The average molecular weight is 440 g/mol. The zero-order chi connectivity index (χ0) is 21.8. The second-order valence-corrected chi connectivity index (χ2v) is 9.05. The number of hydrogen-bond acceptors (Lipinski definition) is 7. The summed E-state index contributed by atoms with van der Waals surface area (Å²) in [5.74, 6) is 2.39. The van der Waals surface area contributed by atoms with Crippen LogP contribution >= 0.6 is 11.8 Å². The van der Waals surface area contributed by atoms with Crippen molar-refractivity contribution in [3.8, 4) is 0 Å². The molecule has 4 rings (SSSR count). The van der Waals surface area contributed by atoms with Crippen LogP contribution in [0.3, 0.4) is 0 Å². The minimum Gasteiger partial charge on any atom is -0.346 e. The molecule has 0 aromatic carbocycles. The maximum atomic E-state index is 13.3. The third-order valence-corrected chi connectivity index (χ3v) is 6.27.